The number of carbonyl (C=O) groups is 2. The summed E-state index contributed by atoms with van der Waals surface area (Å²) in [6.07, 6.45) is 0. The lowest BCUT2D eigenvalue weighted by atomic mass is 9.81. The Morgan fingerprint density at radius 1 is 1.05 bits per heavy atom. The fourth-order valence-electron chi connectivity index (χ4n) is 4.21. The molecule has 3 aromatic rings. The number of esters is 1. The minimum absolute atomic E-state index is 0.0175. The van der Waals surface area contributed by atoms with Crippen molar-refractivity contribution in [1.29, 1.82) is 5.26 Å². The highest BCUT2D eigenvalue weighted by Crippen LogP contribution is 2.43. The Hall–Kier alpha value is -3.70. The number of carbonyl (C=O) groups excluding carboxylic acids is 2. The molecule has 198 valence electrons. The third kappa shape index (κ3) is 6.48. The molecule has 3 aromatic carbocycles. The van der Waals surface area contributed by atoms with E-state index in [2.05, 4.69) is 16.7 Å². The molecule has 1 amide bonds. The van der Waals surface area contributed by atoms with Crippen molar-refractivity contribution in [2.45, 2.75) is 19.8 Å². The summed E-state index contributed by atoms with van der Waals surface area (Å²) in [6, 6.07) is 23.9. The average Bonchev–Trinajstić information content (AvgIpc) is 2.94. The predicted molar refractivity (Wildman–Crippen MR) is 157 cm³/mol. The summed E-state index contributed by atoms with van der Waals surface area (Å²) < 4.78 is 5.45. The highest BCUT2D eigenvalue weighted by atomic mass is 35.5. The van der Waals surface area contributed by atoms with Gasteiger partial charge in [0.05, 0.1) is 46.2 Å². The van der Waals surface area contributed by atoms with E-state index in [1.165, 1.54) is 11.8 Å². The van der Waals surface area contributed by atoms with Gasteiger partial charge >= 0.3 is 5.97 Å². The fourth-order valence-corrected chi connectivity index (χ4v) is 5.36. The standard InChI is InChI=1S/C30H25Cl2N3O3S/c1-3-38-30(37)27-26(19-12-14-21(31)15-13-19)22(16-33)29(35-28(27)20-8-5-4-6-9-20)39-17-25(36)34-24-11-7-10-23(32)18(24)2/h4-15,26,35H,3,17H2,1-2H3,(H,34,36)/t26-/m0/s1. The predicted octanol–water partition coefficient (Wildman–Crippen LogP) is 7.07. The third-order valence-corrected chi connectivity index (χ3v) is 7.78. The van der Waals surface area contributed by atoms with Crippen LogP contribution in [0.25, 0.3) is 5.70 Å². The first-order valence-electron chi connectivity index (χ1n) is 12.1. The number of nitriles is 1. The van der Waals surface area contributed by atoms with E-state index in [9.17, 15) is 14.9 Å². The Kier molecular flexibility index (Phi) is 9.36. The second-order valence-electron chi connectivity index (χ2n) is 8.59. The molecule has 39 heavy (non-hydrogen) atoms. The molecule has 0 bridgehead atoms. The smallest absolute Gasteiger partial charge is 0.337 e. The number of nitrogens with one attached hydrogen (secondary N) is 2. The van der Waals surface area contributed by atoms with Gasteiger partial charge in [0.2, 0.25) is 5.91 Å². The molecular weight excluding hydrogens is 553 g/mol. The van der Waals surface area contributed by atoms with E-state index in [1.54, 1.807) is 49.4 Å². The molecule has 0 aromatic heterocycles. The first kappa shape index (κ1) is 28.3. The molecule has 1 aliphatic rings. The molecule has 1 aliphatic heterocycles. The Bertz CT molecular complexity index is 1500. The fraction of sp³-hybridized carbons (Fsp3) is 0.167. The molecule has 0 fully saturated rings. The van der Waals surface area contributed by atoms with Crippen molar-refractivity contribution in [3.63, 3.8) is 0 Å². The lowest BCUT2D eigenvalue weighted by Gasteiger charge is -2.30. The molecular formula is C30H25Cl2N3O3S. The van der Waals surface area contributed by atoms with Crippen LogP contribution in [0.5, 0.6) is 0 Å². The van der Waals surface area contributed by atoms with Crippen molar-refractivity contribution in [3.05, 3.63) is 116 Å². The van der Waals surface area contributed by atoms with Crippen LogP contribution in [-0.2, 0) is 14.3 Å². The van der Waals surface area contributed by atoms with E-state index in [-0.39, 0.29) is 18.3 Å². The van der Waals surface area contributed by atoms with Crippen molar-refractivity contribution in [3.8, 4) is 6.07 Å². The molecule has 0 spiro atoms. The van der Waals surface area contributed by atoms with Gasteiger partial charge in [-0.05, 0) is 54.8 Å². The molecule has 0 aliphatic carbocycles. The number of ether oxygens (including phenoxy) is 1. The summed E-state index contributed by atoms with van der Waals surface area (Å²) in [5.41, 5.74) is 3.96. The molecule has 4 rings (SSSR count). The second kappa shape index (κ2) is 12.9. The number of benzene rings is 3. The normalized spacial score (nSPS) is 14.9. The molecule has 0 saturated carbocycles. The van der Waals surface area contributed by atoms with Gasteiger partial charge in [-0.1, -0.05) is 83.5 Å². The van der Waals surface area contributed by atoms with Crippen molar-refractivity contribution >= 4 is 58.2 Å². The summed E-state index contributed by atoms with van der Waals surface area (Å²) >= 11 is 13.5. The number of hydrogen-bond acceptors (Lipinski definition) is 6. The molecule has 6 nitrogen and oxygen atoms in total. The van der Waals surface area contributed by atoms with Crippen molar-refractivity contribution in [1.82, 2.24) is 5.32 Å². The number of hydrogen-bond donors (Lipinski definition) is 2. The number of rotatable bonds is 8. The van der Waals surface area contributed by atoms with Gasteiger partial charge < -0.3 is 15.4 Å². The number of amides is 1. The zero-order valence-corrected chi connectivity index (χ0v) is 23.6. The maximum absolute atomic E-state index is 13.4. The van der Waals surface area contributed by atoms with Crippen LogP contribution in [0.4, 0.5) is 5.69 Å². The second-order valence-corrected chi connectivity index (χ2v) is 10.4. The molecule has 1 atom stereocenters. The molecule has 0 unspecified atom stereocenters. The van der Waals surface area contributed by atoms with Crippen LogP contribution >= 0.6 is 35.0 Å². The Morgan fingerprint density at radius 2 is 1.77 bits per heavy atom. The maximum Gasteiger partial charge on any atom is 0.337 e. The minimum Gasteiger partial charge on any atom is -0.463 e. The first-order valence-corrected chi connectivity index (χ1v) is 13.9. The van der Waals surface area contributed by atoms with Crippen LogP contribution in [0.15, 0.2) is 89.0 Å². The third-order valence-electron chi connectivity index (χ3n) is 6.10. The summed E-state index contributed by atoms with van der Waals surface area (Å²) in [5, 5.41) is 18.0. The van der Waals surface area contributed by atoms with Crippen LogP contribution in [0.2, 0.25) is 10.0 Å². The summed E-state index contributed by atoms with van der Waals surface area (Å²) in [4.78, 5) is 26.3. The molecule has 9 heteroatoms. The van der Waals surface area contributed by atoms with Crippen LogP contribution < -0.4 is 10.6 Å². The van der Waals surface area contributed by atoms with Gasteiger partial charge in [0, 0.05) is 15.7 Å². The summed E-state index contributed by atoms with van der Waals surface area (Å²) in [6.45, 7) is 3.74. The van der Waals surface area contributed by atoms with Gasteiger partial charge in [0.25, 0.3) is 0 Å². The highest BCUT2D eigenvalue weighted by molar-refractivity contribution is 8.03. The van der Waals surface area contributed by atoms with Gasteiger partial charge in [-0.3, -0.25) is 4.79 Å². The molecule has 2 N–H and O–H groups in total. The Labute approximate surface area is 241 Å². The first-order chi connectivity index (χ1) is 18.8. The molecule has 0 saturated heterocycles. The maximum atomic E-state index is 13.4. The van der Waals surface area contributed by atoms with E-state index >= 15 is 0 Å². The number of nitrogens with zero attached hydrogens (tertiary/aromatic N) is 1. The largest absolute Gasteiger partial charge is 0.463 e. The van der Waals surface area contributed by atoms with Crippen molar-refractivity contribution in [2.75, 3.05) is 17.7 Å². The summed E-state index contributed by atoms with van der Waals surface area (Å²) in [7, 11) is 0. The van der Waals surface area contributed by atoms with E-state index in [1.807, 2.05) is 37.3 Å². The number of halogens is 2. The number of thioether (sulfide) groups is 1. The molecule has 0 radical (unpaired) electrons. The van der Waals surface area contributed by atoms with Gasteiger partial charge in [0.1, 0.15) is 0 Å². The summed E-state index contributed by atoms with van der Waals surface area (Å²) in [5.74, 6) is -1.51. The molecule has 1 heterocycles. The lowest BCUT2D eigenvalue weighted by molar-refractivity contribution is -0.138. The van der Waals surface area contributed by atoms with E-state index in [0.29, 0.717) is 43.2 Å². The van der Waals surface area contributed by atoms with Gasteiger partial charge in [-0.15, -0.1) is 0 Å². The van der Waals surface area contributed by atoms with Crippen LogP contribution in [0, 0.1) is 18.3 Å². The topological polar surface area (TPSA) is 91.2 Å². The van der Waals surface area contributed by atoms with Crippen LogP contribution in [0.1, 0.15) is 29.5 Å². The van der Waals surface area contributed by atoms with Crippen LogP contribution in [-0.4, -0.2) is 24.2 Å². The monoisotopic (exact) mass is 577 g/mol. The van der Waals surface area contributed by atoms with Gasteiger partial charge in [-0.25, -0.2) is 4.79 Å². The number of dihydropyridines is 1. The Balaban J connectivity index is 1.75. The van der Waals surface area contributed by atoms with Crippen LogP contribution in [0.3, 0.4) is 0 Å². The Morgan fingerprint density at radius 3 is 2.44 bits per heavy atom. The van der Waals surface area contributed by atoms with Crippen molar-refractivity contribution < 1.29 is 14.3 Å². The van der Waals surface area contributed by atoms with E-state index < -0.39 is 11.9 Å². The van der Waals surface area contributed by atoms with Crippen molar-refractivity contribution in [2.24, 2.45) is 0 Å². The van der Waals surface area contributed by atoms with E-state index in [4.69, 9.17) is 27.9 Å². The highest BCUT2D eigenvalue weighted by Gasteiger charge is 2.37. The van der Waals surface area contributed by atoms with Gasteiger partial charge in [-0.2, -0.15) is 5.26 Å². The zero-order valence-electron chi connectivity index (χ0n) is 21.3. The quantitative estimate of drug-likeness (QED) is 0.278. The number of anilines is 1. The lowest BCUT2D eigenvalue weighted by Crippen LogP contribution is -2.29. The SMILES string of the molecule is CCOC(=O)C1=C(c2ccccc2)NC(SCC(=O)Nc2cccc(Cl)c2C)=C(C#N)[C@@H]1c1ccc(Cl)cc1. The average molecular weight is 579 g/mol. The van der Waals surface area contributed by atoms with E-state index in [0.717, 1.165) is 11.1 Å². The number of allylic oxidation sites excluding steroid dienone is 1. The van der Waals surface area contributed by atoms with Gasteiger partial charge in [0.15, 0.2) is 0 Å². The minimum atomic E-state index is -0.733. The zero-order chi connectivity index (χ0) is 27.9.